The number of carbonyl (C=O) groups excluding carboxylic acids is 1. The zero-order chi connectivity index (χ0) is 20.1. The van der Waals surface area contributed by atoms with Crippen LogP contribution in [0.15, 0.2) is 53.6 Å². The van der Waals surface area contributed by atoms with Gasteiger partial charge in [0.05, 0.1) is 5.71 Å². The van der Waals surface area contributed by atoms with Crippen molar-refractivity contribution in [1.82, 2.24) is 5.01 Å². The minimum Gasteiger partial charge on any atom is -0.324 e. The number of carbonyl (C=O) groups is 1. The number of thioether (sulfide) groups is 1. The highest BCUT2D eigenvalue weighted by atomic mass is 35.5. The van der Waals surface area contributed by atoms with Gasteiger partial charge < -0.3 is 5.32 Å². The molecule has 1 unspecified atom stereocenters. The number of nitrogens with zero attached hydrogens (tertiary/aromatic N) is 2. The summed E-state index contributed by atoms with van der Waals surface area (Å²) >= 11 is 13.8. The maximum Gasteiger partial charge on any atom is 0.245 e. The summed E-state index contributed by atoms with van der Waals surface area (Å²) in [6.45, 7) is 3.13. The number of rotatable bonds is 7. The Balaban J connectivity index is 1.74. The summed E-state index contributed by atoms with van der Waals surface area (Å²) < 4.78 is 0. The van der Waals surface area contributed by atoms with Crippen molar-refractivity contribution in [2.45, 2.75) is 13.3 Å². The Morgan fingerprint density at radius 3 is 2.36 bits per heavy atom. The molecule has 0 spiro atoms. The monoisotopic (exact) mass is 435 g/mol. The molecule has 0 aromatic heterocycles. The van der Waals surface area contributed by atoms with Crippen molar-refractivity contribution < 1.29 is 4.79 Å². The highest BCUT2D eigenvalue weighted by molar-refractivity contribution is 7.98. The highest BCUT2D eigenvalue weighted by Gasteiger charge is 2.39. The largest absolute Gasteiger partial charge is 0.324 e. The van der Waals surface area contributed by atoms with Gasteiger partial charge in [-0.2, -0.15) is 16.9 Å². The molecule has 1 N–H and O–H groups in total. The lowest BCUT2D eigenvalue weighted by Crippen LogP contribution is -2.35. The zero-order valence-corrected chi connectivity index (χ0v) is 18.2. The molecule has 0 saturated carbocycles. The molecule has 0 fully saturated rings. The van der Waals surface area contributed by atoms with Crippen molar-refractivity contribution in [1.29, 1.82) is 0 Å². The quantitative estimate of drug-likeness (QED) is 0.631. The van der Waals surface area contributed by atoms with Gasteiger partial charge in [-0.3, -0.25) is 9.80 Å². The predicted octanol–water partition coefficient (Wildman–Crippen LogP) is 5.41. The van der Waals surface area contributed by atoms with Gasteiger partial charge in [0.1, 0.15) is 6.54 Å². The molecule has 0 radical (unpaired) electrons. The Hall–Kier alpha value is -1.69. The first kappa shape index (κ1) is 21.0. The Labute approximate surface area is 180 Å². The van der Waals surface area contributed by atoms with Crippen LogP contribution in [0.25, 0.3) is 0 Å². The van der Waals surface area contributed by atoms with E-state index in [4.69, 9.17) is 28.3 Å². The molecule has 7 heteroatoms. The SMILES string of the molecule is CSCCC1(C)CN(CC(=O)Nc2ccc(Cl)cc2)N=C1c1ccc(Cl)cc1. The van der Waals surface area contributed by atoms with Crippen molar-refractivity contribution in [2.24, 2.45) is 10.5 Å². The molecule has 0 saturated heterocycles. The van der Waals surface area contributed by atoms with Crippen LogP contribution in [0, 0.1) is 5.41 Å². The fraction of sp³-hybridized carbons (Fsp3) is 0.333. The third-order valence-corrected chi connectivity index (χ3v) is 5.89. The molecule has 2 aromatic rings. The second kappa shape index (κ2) is 9.21. The van der Waals surface area contributed by atoms with Crippen LogP contribution >= 0.6 is 35.0 Å². The van der Waals surface area contributed by atoms with E-state index in [2.05, 4.69) is 18.5 Å². The predicted molar refractivity (Wildman–Crippen MR) is 121 cm³/mol. The summed E-state index contributed by atoms with van der Waals surface area (Å²) in [7, 11) is 0. The van der Waals surface area contributed by atoms with E-state index in [0.717, 1.165) is 29.1 Å². The lowest BCUT2D eigenvalue weighted by molar-refractivity contribution is -0.117. The van der Waals surface area contributed by atoms with E-state index in [1.807, 2.05) is 41.0 Å². The van der Waals surface area contributed by atoms with Crippen LogP contribution in [-0.4, -0.2) is 41.7 Å². The lowest BCUT2D eigenvalue weighted by atomic mass is 9.80. The summed E-state index contributed by atoms with van der Waals surface area (Å²) in [5.74, 6) is 0.934. The van der Waals surface area contributed by atoms with Gasteiger partial charge in [-0.15, -0.1) is 0 Å². The van der Waals surface area contributed by atoms with Crippen LogP contribution in [0.1, 0.15) is 18.9 Å². The summed E-state index contributed by atoms with van der Waals surface area (Å²) in [6, 6.07) is 14.8. The second-order valence-corrected chi connectivity index (χ2v) is 9.00. The molecule has 1 atom stereocenters. The average Bonchev–Trinajstić information content (AvgIpc) is 2.99. The first-order valence-electron chi connectivity index (χ1n) is 9.04. The molecule has 2 aromatic carbocycles. The summed E-state index contributed by atoms with van der Waals surface area (Å²) in [5, 5.41) is 10.9. The van der Waals surface area contributed by atoms with Gasteiger partial charge in [0.2, 0.25) is 5.91 Å². The Bertz CT molecular complexity index is 855. The van der Waals surface area contributed by atoms with Crippen LogP contribution in [0.3, 0.4) is 0 Å². The molecule has 28 heavy (non-hydrogen) atoms. The van der Waals surface area contributed by atoms with Crippen molar-refractivity contribution in [3.8, 4) is 0 Å². The number of nitrogens with one attached hydrogen (secondary N) is 1. The first-order valence-corrected chi connectivity index (χ1v) is 11.2. The number of hydrazone groups is 1. The fourth-order valence-electron chi connectivity index (χ4n) is 3.30. The Morgan fingerprint density at radius 2 is 1.75 bits per heavy atom. The minimum absolute atomic E-state index is 0.101. The average molecular weight is 436 g/mol. The molecule has 148 valence electrons. The lowest BCUT2D eigenvalue weighted by Gasteiger charge is -2.26. The first-order chi connectivity index (χ1) is 13.4. The zero-order valence-electron chi connectivity index (χ0n) is 15.9. The highest BCUT2D eigenvalue weighted by Crippen LogP contribution is 2.35. The second-order valence-electron chi connectivity index (χ2n) is 7.14. The third kappa shape index (κ3) is 5.22. The van der Waals surface area contributed by atoms with Crippen LogP contribution in [0.4, 0.5) is 5.69 Å². The van der Waals surface area contributed by atoms with E-state index in [1.54, 1.807) is 24.3 Å². The van der Waals surface area contributed by atoms with Crippen molar-refractivity contribution in [2.75, 3.05) is 30.4 Å². The topological polar surface area (TPSA) is 44.7 Å². The smallest absolute Gasteiger partial charge is 0.245 e. The van der Waals surface area contributed by atoms with E-state index < -0.39 is 0 Å². The van der Waals surface area contributed by atoms with E-state index in [-0.39, 0.29) is 17.9 Å². The number of halogens is 2. The Kier molecular flexibility index (Phi) is 6.91. The molecule has 1 aliphatic heterocycles. The number of benzene rings is 2. The molecule has 0 aliphatic carbocycles. The standard InChI is InChI=1S/C21H23Cl2N3OS/c1-21(11-12-28-2)14-26(25-20(21)15-3-5-16(22)6-4-15)13-19(27)24-18-9-7-17(23)8-10-18/h3-10H,11-14H2,1-2H3,(H,24,27). The number of anilines is 1. The van der Waals surface area contributed by atoms with Gasteiger partial charge in [0.25, 0.3) is 0 Å². The van der Waals surface area contributed by atoms with E-state index >= 15 is 0 Å². The molecular weight excluding hydrogens is 413 g/mol. The van der Waals surface area contributed by atoms with E-state index in [1.165, 1.54) is 0 Å². The molecule has 1 aliphatic rings. The maximum absolute atomic E-state index is 12.5. The van der Waals surface area contributed by atoms with Gasteiger partial charge in [0, 0.05) is 27.7 Å². The van der Waals surface area contributed by atoms with Crippen molar-refractivity contribution in [3.63, 3.8) is 0 Å². The molecule has 3 rings (SSSR count). The molecular formula is C21H23Cl2N3OS. The molecule has 1 amide bonds. The summed E-state index contributed by atoms with van der Waals surface area (Å²) in [6.07, 6.45) is 3.10. The fourth-order valence-corrected chi connectivity index (χ4v) is 4.21. The van der Waals surface area contributed by atoms with Crippen molar-refractivity contribution >= 4 is 52.3 Å². The number of hydrogen-bond acceptors (Lipinski definition) is 4. The van der Waals surface area contributed by atoms with Gasteiger partial charge in [-0.05, 0) is 60.4 Å². The molecule has 4 nitrogen and oxygen atoms in total. The minimum atomic E-state index is -0.114. The number of hydrogen-bond donors (Lipinski definition) is 1. The normalized spacial score (nSPS) is 18.9. The summed E-state index contributed by atoms with van der Waals surface area (Å²) in [4.78, 5) is 12.5. The third-order valence-electron chi connectivity index (χ3n) is 4.77. The summed E-state index contributed by atoms with van der Waals surface area (Å²) in [5.41, 5.74) is 2.67. The van der Waals surface area contributed by atoms with Gasteiger partial charge in [0.15, 0.2) is 0 Å². The van der Waals surface area contributed by atoms with Crippen LogP contribution < -0.4 is 5.32 Å². The number of amides is 1. The van der Waals surface area contributed by atoms with E-state index in [0.29, 0.717) is 16.6 Å². The molecule has 0 bridgehead atoms. The van der Waals surface area contributed by atoms with Crippen LogP contribution in [0.5, 0.6) is 0 Å². The Morgan fingerprint density at radius 1 is 1.14 bits per heavy atom. The maximum atomic E-state index is 12.5. The van der Waals surface area contributed by atoms with Crippen molar-refractivity contribution in [3.05, 3.63) is 64.1 Å². The van der Waals surface area contributed by atoms with Crippen LogP contribution in [-0.2, 0) is 4.79 Å². The van der Waals surface area contributed by atoms with Crippen LogP contribution in [0.2, 0.25) is 10.0 Å². The van der Waals surface area contributed by atoms with Gasteiger partial charge in [-0.1, -0.05) is 42.3 Å². The molecule has 1 heterocycles. The van der Waals surface area contributed by atoms with Gasteiger partial charge in [-0.25, -0.2) is 0 Å². The van der Waals surface area contributed by atoms with E-state index in [9.17, 15) is 4.79 Å². The van der Waals surface area contributed by atoms with Gasteiger partial charge >= 0.3 is 0 Å².